The Morgan fingerprint density at radius 2 is 1.67 bits per heavy atom. The summed E-state index contributed by atoms with van der Waals surface area (Å²) in [6.07, 6.45) is -5.02. The normalized spacial score (nSPS) is 12.3. The van der Waals surface area contributed by atoms with Crippen molar-refractivity contribution in [2.75, 3.05) is 12.4 Å². The summed E-state index contributed by atoms with van der Waals surface area (Å²) in [7, 11) is -4.54. The fourth-order valence-corrected chi connectivity index (χ4v) is 0.987. The number of hydrogen-bond donors (Lipinski definition) is 1. The van der Waals surface area contributed by atoms with Gasteiger partial charge in [0.05, 0.1) is 5.75 Å². The van der Waals surface area contributed by atoms with Crippen molar-refractivity contribution in [1.82, 2.24) is 4.72 Å². The second kappa shape index (κ2) is 5.06. The van der Waals surface area contributed by atoms with Crippen LogP contribution >= 0.6 is 0 Å². The van der Waals surface area contributed by atoms with Crippen molar-refractivity contribution in [3.8, 4) is 0 Å². The Hall–Kier alpha value is 0.227. The Balaban J connectivity index is 0. The van der Waals surface area contributed by atoms with Crippen LogP contribution in [0, 0.1) is 0 Å². The van der Waals surface area contributed by atoms with Crippen LogP contribution in [-0.4, -0.2) is 46.0 Å². The molecule has 0 aromatic carbocycles. The molecule has 0 fully saturated rings. The third kappa shape index (κ3) is 8.33. The summed E-state index contributed by atoms with van der Waals surface area (Å²) in [5.74, 6) is -1.17. The van der Waals surface area contributed by atoms with E-state index in [1.165, 1.54) is 0 Å². The first-order valence-corrected chi connectivity index (χ1v) is 4.06. The van der Waals surface area contributed by atoms with Crippen LogP contribution in [0.4, 0.5) is 17.6 Å². The van der Waals surface area contributed by atoms with Crippen molar-refractivity contribution in [2.45, 2.75) is 6.30 Å². The van der Waals surface area contributed by atoms with Gasteiger partial charge < -0.3 is 0 Å². The van der Waals surface area contributed by atoms with Gasteiger partial charge in [0.2, 0.25) is 10.0 Å². The number of nitrogens with one attached hydrogen (secondary N) is 1. The van der Waals surface area contributed by atoms with Crippen LogP contribution < -0.4 is 4.72 Å². The molecule has 9 heteroatoms. The molecule has 0 atom stereocenters. The topological polar surface area (TPSA) is 46.2 Å². The van der Waals surface area contributed by atoms with Crippen LogP contribution in [0.3, 0.4) is 0 Å². The second-order valence-corrected chi connectivity index (χ2v) is 3.45. The molecule has 0 saturated heterocycles. The number of rotatable bonds is 3. The molecule has 3 nitrogen and oxygen atoms in total. The predicted octanol–water partition coefficient (Wildman–Crippen LogP) is -0.253. The van der Waals surface area contributed by atoms with Gasteiger partial charge in [0.1, 0.15) is 6.67 Å². The maximum absolute atomic E-state index is 11.3. The summed E-state index contributed by atoms with van der Waals surface area (Å²) in [5, 5.41) is 0. The van der Waals surface area contributed by atoms with Crippen LogP contribution in [0.2, 0.25) is 0 Å². The average Bonchev–Trinajstić information content (AvgIpc) is 1.55. The molecule has 0 amide bonds. The van der Waals surface area contributed by atoms with Gasteiger partial charge in [0.15, 0.2) is 0 Å². The van der Waals surface area contributed by atoms with Crippen LogP contribution in [0.5, 0.6) is 0 Å². The van der Waals surface area contributed by atoms with E-state index in [1.807, 2.05) is 0 Å². The van der Waals surface area contributed by atoms with E-state index in [1.54, 1.807) is 0 Å². The molecule has 0 radical (unpaired) electrons. The van der Waals surface area contributed by atoms with Crippen molar-refractivity contribution in [3.05, 3.63) is 0 Å². The van der Waals surface area contributed by atoms with E-state index in [4.69, 9.17) is 0 Å². The summed E-state index contributed by atoms with van der Waals surface area (Å²) in [6.45, 7) is -1.34. The number of sulfonamides is 1. The number of hydrogen-bond acceptors (Lipinski definition) is 2. The van der Waals surface area contributed by atoms with E-state index >= 15 is 0 Å². The molecule has 0 heterocycles. The first-order valence-electron chi connectivity index (χ1n) is 2.41. The van der Waals surface area contributed by atoms with E-state index in [-0.39, 0.29) is 18.9 Å². The minimum absolute atomic E-state index is 0. The first kappa shape index (κ1) is 14.7. The monoisotopic (exact) mass is 203 g/mol. The third-order valence-corrected chi connectivity index (χ3v) is 1.85. The molecule has 0 unspecified atom stereocenters. The van der Waals surface area contributed by atoms with Crippen molar-refractivity contribution in [3.63, 3.8) is 0 Å². The van der Waals surface area contributed by atoms with Crippen LogP contribution in [-0.2, 0) is 10.0 Å². The van der Waals surface area contributed by atoms with E-state index in [0.717, 1.165) is 0 Å². The summed E-state index contributed by atoms with van der Waals surface area (Å²) >= 11 is 0. The molecule has 0 aromatic rings. The molecule has 0 rings (SSSR count). The van der Waals surface area contributed by atoms with Crippen LogP contribution in [0.25, 0.3) is 0 Å². The molecule has 0 aliphatic rings. The van der Waals surface area contributed by atoms with E-state index in [9.17, 15) is 26.0 Å². The Labute approximate surface area is 78.7 Å². The molecular formula is C3H6F4LiNO2S. The van der Waals surface area contributed by atoms with Crippen molar-refractivity contribution in [2.24, 2.45) is 0 Å². The number of alkyl halides is 4. The molecule has 12 heavy (non-hydrogen) atoms. The fraction of sp³-hybridized carbons (Fsp3) is 1.00. The van der Waals surface area contributed by atoms with E-state index in [2.05, 4.69) is 0 Å². The van der Waals surface area contributed by atoms with Crippen molar-refractivity contribution < 1.29 is 26.0 Å². The first-order chi connectivity index (χ1) is 4.77. The van der Waals surface area contributed by atoms with Gasteiger partial charge in [0.25, 0.3) is 0 Å². The molecule has 1 N–H and O–H groups in total. The Morgan fingerprint density at radius 3 is 1.92 bits per heavy atom. The van der Waals surface area contributed by atoms with Crippen LogP contribution in [0.15, 0.2) is 0 Å². The zero-order valence-electron chi connectivity index (χ0n) is 5.15. The SMILES string of the molecule is O=S(=O)(CCF)NC(F)(F)F.[LiH]. The molecule has 0 bridgehead atoms. The van der Waals surface area contributed by atoms with Gasteiger partial charge in [-0.1, -0.05) is 0 Å². The van der Waals surface area contributed by atoms with Crippen LogP contribution in [0.1, 0.15) is 0 Å². The summed E-state index contributed by atoms with van der Waals surface area (Å²) in [5.41, 5.74) is 0. The van der Waals surface area contributed by atoms with E-state index < -0.39 is 28.8 Å². The van der Waals surface area contributed by atoms with Gasteiger partial charge >= 0.3 is 25.2 Å². The Kier molecular flexibility index (Phi) is 6.22. The Bertz CT molecular complexity index is 213. The second-order valence-electron chi connectivity index (χ2n) is 1.61. The van der Waals surface area contributed by atoms with Gasteiger partial charge in [-0.2, -0.15) is 13.2 Å². The molecule has 0 saturated carbocycles. The number of halogens is 4. The quantitative estimate of drug-likeness (QED) is 0.390. The third-order valence-electron chi connectivity index (χ3n) is 0.617. The zero-order valence-corrected chi connectivity index (χ0v) is 5.97. The van der Waals surface area contributed by atoms with Gasteiger partial charge in [-0.25, -0.2) is 12.8 Å². The molecular weight excluding hydrogens is 197 g/mol. The van der Waals surface area contributed by atoms with Crippen molar-refractivity contribution in [1.29, 1.82) is 0 Å². The summed E-state index contributed by atoms with van der Waals surface area (Å²) in [4.78, 5) is 0. The van der Waals surface area contributed by atoms with Crippen molar-refractivity contribution >= 4 is 28.9 Å². The molecule has 0 aliphatic carbocycles. The molecule has 0 spiro atoms. The van der Waals surface area contributed by atoms with E-state index in [0.29, 0.717) is 4.72 Å². The van der Waals surface area contributed by atoms with Gasteiger partial charge in [-0.05, 0) is 0 Å². The summed E-state index contributed by atoms with van der Waals surface area (Å²) in [6, 6.07) is 0. The standard InChI is InChI=1S/C3H5F4NO2S.Li.H/c4-1-2-11(9,10)8-3(5,6)7;;/h8H,1-2H2;;. The Morgan fingerprint density at radius 1 is 1.25 bits per heavy atom. The minimum atomic E-state index is -5.02. The predicted molar refractivity (Wildman–Crippen MR) is 36.1 cm³/mol. The molecule has 0 aromatic heterocycles. The van der Waals surface area contributed by atoms with Gasteiger partial charge in [-0.3, -0.25) is 0 Å². The fourth-order valence-electron chi connectivity index (χ4n) is 0.329. The summed E-state index contributed by atoms with van der Waals surface area (Å²) < 4.78 is 65.7. The average molecular weight is 203 g/mol. The maximum atomic E-state index is 11.3. The molecule has 70 valence electrons. The zero-order chi connectivity index (χ0) is 9.12. The van der Waals surface area contributed by atoms with Gasteiger partial charge in [0, 0.05) is 0 Å². The van der Waals surface area contributed by atoms with Gasteiger partial charge in [-0.15, -0.1) is 4.72 Å². The molecule has 0 aliphatic heterocycles.